The van der Waals surface area contributed by atoms with Crippen LogP contribution < -0.4 is 10.2 Å². The first-order chi connectivity index (χ1) is 14.1. The van der Waals surface area contributed by atoms with Gasteiger partial charge < -0.3 is 15.1 Å². The van der Waals surface area contributed by atoms with Crippen LogP contribution >= 0.6 is 0 Å². The molecule has 29 heavy (non-hydrogen) atoms. The summed E-state index contributed by atoms with van der Waals surface area (Å²) in [5, 5.41) is 3.77. The molecule has 4 aliphatic carbocycles. The second-order valence-corrected chi connectivity index (χ2v) is 10.1. The van der Waals surface area contributed by atoms with Crippen LogP contribution in [0, 0.1) is 23.2 Å². The Labute approximate surface area is 174 Å². The summed E-state index contributed by atoms with van der Waals surface area (Å²) in [5.74, 6) is 4.00. The van der Waals surface area contributed by atoms with Gasteiger partial charge in [0.05, 0.1) is 0 Å². The van der Waals surface area contributed by atoms with Gasteiger partial charge >= 0.3 is 0 Å². The van der Waals surface area contributed by atoms with E-state index in [9.17, 15) is 4.79 Å². The zero-order valence-electron chi connectivity index (χ0n) is 17.7. The van der Waals surface area contributed by atoms with E-state index < -0.39 is 0 Å². The van der Waals surface area contributed by atoms with Crippen LogP contribution in [0.25, 0.3) is 0 Å². The number of hydrogen-bond acceptors (Lipinski definition) is 5. The molecule has 2 heterocycles. The molecular weight excluding hydrogens is 362 g/mol. The third-order valence-electron chi connectivity index (χ3n) is 8.26. The summed E-state index contributed by atoms with van der Waals surface area (Å²) in [6, 6.07) is 2.37. The standard InChI is InChI=1S/C23H35N5O/c1-17(23-14-18-11-19(15-23)13-20(12-18)16-23)24-6-3-21(29)27-7-9-28(10-8-27)22-25-4-2-5-26-22/h2,4-5,17-20,24H,3,6-16H2,1H3. The maximum Gasteiger partial charge on any atom is 0.225 e. The van der Waals surface area contributed by atoms with Crippen molar-refractivity contribution in [3.8, 4) is 0 Å². The van der Waals surface area contributed by atoms with E-state index in [-0.39, 0.29) is 5.91 Å². The molecule has 1 aromatic rings. The van der Waals surface area contributed by atoms with Gasteiger partial charge in [-0.3, -0.25) is 4.79 Å². The number of nitrogens with zero attached hydrogens (tertiary/aromatic N) is 4. The molecule has 1 aliphatic heterocycles. The van der Waals surface area contributed by atoms with Crippen LogP contribution in [-0.4, -0.2) is 59.5 Å². The van der Waals surface area contributed by atoms with E-state index in [0.717, 1.165) is 56.4 Å². The van der Waals surface area contributed by atoms with E-state index in [0.29, 0.717) is 17.9 Å². The summed E-state index contributed by atoms with van der Waals surface area (Å²) < 4.78 is 0. The average molecular weight is 398 g/mol. The average Bonchev–Trinajstić information content (AvgIpc) is 2.73. The number of amides is 1. The molecule has 6 nitrogen and oxygen atoms in total. The Morgan fingerprint density at radius 3 is 2.24 bits per heavy atom. The number of nitrogens with one attached hydrogen (secondary N) is 1. The molecule has 5 aliphatic rings. The number of aromatic nitrogens is 2. The van der Waals surface area contributed by atoms with Crippen molar-refractivity contribution >= 4 is 11.9 Å². The molecule has 158 valence electrons. The molecule has 0 radical (unpaired) electrons. The zero-order chi connectivity index (χ0) is 19.8. The molecule has 1 saturated heterocycles. The Bertz CT molecular complexity index is 680. The Balaban J connectivity index is 1.07. The van der Waals surface area contributed by atoms with Gasteiger partial charge in [0.1, 0.15) is 0 Å². The summed E-state index contributed by atoms with van der Waals surface area (Å²) in [4.78, 5) is 25.5. The Kier molecular flexibility index (Phi) is 5.23. The van der Waals surface area contributed by atoms with Crippen molar-refractivity contribution in [1.82, 2.24) is 20.2 Å². The van der Waals surface area contributed by atoms with Gasteiger partial charge in [-0.05, 0) is 74.7 Å². The molecule has 1 N–H and O–H groups in total. The quantitative estimate of drug-likeness (QED) is 0.800. The summed E-state index contributed by atoms with van der Waals surface area (Å²) in [7, 11) is 0. The molecule has 4 saturated carbocycles. The minimum Gasteiger partial charge on any atom is -0.339 e. The molecule has 6 rings (SSSR count). The molecular formula is C23H35N5O. The van der Waals surface area contributed by atoms with Crippen LogP contribution in [0.3, 0.4) is 0 Å². The predicted octanol–water partition coefficient (Wildman–Crippen LogP) is 2.71. The number of carbonyl (C=O) groups excluding carboxylic acids is 1. The molecule has 1 aromatic heterocycles. The molecule has 1 atom stereocenters. The Morgan fingerprint density at radius 2 is 1.66 bits per heavy atom. The first kappa shape index (κ1) is 19.3. The van der Waals surface area contributed by atoms with E-state index in [1.54, 1.807) is 12.4 Å². The monoisotopic (exact) mass is 397 g/mol. The third kappa shape index (κ3) is 3.88. The zero-order valence-corrected chi connectivity index (χ0v) is 17.7. The van der Waals surface area contributed by atoms with E-state index in [4.69, 9.17) is 0 Å². The molecule has 1 amide bonds. The highest BCUT2D eigenvalue weighted by atomic mass is 16.2. The number of carbonyl (C=O) groups is 1. The van der Waals surface area contributed by atoms with Gasteiger partial charge in [-0.2, -0.15) is 0 Å². The smallest absolute Gasteiger partial charge is 0.225 e. The molecule has 0 aromatic carbocycles. The van der Waals surface area contributed by atoms with Crippen molar-refractivity contribution in [2.45, 2.75) is 57.9 Å². The Hall–Kier alpha value is -1.69. The second-order valence-electron chi connectivity index (χ2n) is 10.1. The minimum atomic E-state index is 0.281. The highest BCUT2D eigenvalue weighted by Gasteiger charge is 2.52. The second kappa shape index (κ2) is 7.86. The molecule has 5 fully saturated rings. The van der Waals surface area contributed by atoms with Gasteiger partial charge in [0.15, 0.2) is 0 Å². The predicted molar refractivity (Wildman–Crippen MR) is 114 cm³/mol. The van der Waals surface area contributed by atoms with Crippen LogP contribution in [0.2, 0.25) is 0 Å². The maximum atomic E-state index is 12.7. The van der Waals surface area contributed by atoms with Gasteiger partial charge in [-0.15, -0.1) is 0 Å². The molecule has 6 heteroatoms. The normalized spacial score (nSPS) is 34.4. The third-order valence-corrected chi connectivity index (χ3v) is 8.26. The lowest BCUT2D eigenvalue weighted by atomic mass is 9.48. The Morgan fingerprint density at radius 1 is 1.07 bits per heavy atom. The van der Waals surface area contributed by atoms with E-state index in [2.05, 4.69) is 27.1 Å². The van der Waals surface area contributed by atoms with E-state index in [1.807, 2.05) is 11.0 Å². The summed E-state index contributed by atoms with van der Waals surface area (Å²) in [6.45, 7) is 6.35. The fourth-order valence-corrected chi connectivity index (χ4v) is 7.09. The SMILES string of the molecule is CC(NCCC(=O)N1CCN(c2ncccn2)CC1)C12CC3CC(CC(C3)C1)C2. The number of piperazine rings is 1. The first-order valence-corrected chi connectivity index (χ1v) is 11.6. The highest BCUT2D eigenvalue weighted by molar-refractivity contribution is 5.76. The summed E-state index contributed by atoms with van der Waals surface area (Å²) in [5.41, 5.74) is 0.513. The van der Waals surface area contributed by atoms with Crippen molar-refractivity contribution < 1.29 is 4.79 Å². The van der Waals surface area contributed by atoms with Crippen molar-refractivity contribution in [2.24, 2.45) is 23.2 Å². The minimum absolute atomic E-state index is 0.281. The van der Waals surface area contributed by atoms with Gasteiger partial charge in [0.25, 0.3) is 0 Å². The van der Waals surface area contributed by atoms with Crippen LogP contribution in [0.1, 0.15) is 51.9 Å². The molecule has 4 bridgehead atoms. The lowest BCUT2D eigenvalue weighted by molar-refractivity contribution is -0.131. The van der Waals surface area contributed by atoms with Crippen molar-refractivity contribution in [3.05, 3.63) is 18.5 Å². The van der Waals surface area contributed by atoms with Gasteiger partial charge in [0.2, 0.25) is 11.9 Å². The number of rotatable bonds is 6. The van der Waals surface area contributed by atoms with E-state index in [1.165, 1.54) is 38.5 Å². The van der Waals surface area contributed by atoms with Crippen molar-refractivity contribution in [2.75, 3.05) is 37.6 Å². The highest BCUT2D eigenvalue weighted by Crippen LogP contribution is 2.61. The number of hydrogen-bond donors (Lipinski definition) is 1. The summed E-state index contributed by atoms with van der Waals surface area (Å²) >= 11 is 0. The lowest BCUT2D eigenvalue weighted by Crippen LogP contribution is -2.55. The van der Waals surface area contributed by atoms with Crippen LogP contribution in [-0.2, 0) is 4.79 Å². The largest absolute Gasteiger partial charge is 0.339 e. The van der Waals surface area contributed by atoms with Crippen LogP contribution in [0.4, 0.5) is 5.95 Å². The maximum absolute atomic E-state index is 12.7. The van der Waals surface area contributed by atoms with E-state index >= 15 is 0 Å². The first-order valence-electron chi connectivity index (χ1n) is 11.6. The van der Waals surface area contributed by atoms with Gasteiger partial charge in [0, 0.05) is 57.6 Å². The van der Waals surface area contributed by atoms with Crippen molar-refractivity contribution in [1.29, 1.82) is 0 Å². The van der Waals surface area contributed by atoms with Gasteiger partial charge in [-0.1, -0.05) is 0 Å². The van der Waals surface area contributed by atoms with Gasteiger partial charge in [-0.25, -0.2) is 9.97 Å². The lowest BCUT2D eigenvalue weighted by Gasteiger charge is -2.59. The fourth-order valence-electron chi connectivity index (χ4n) is 7.09. The van der Waals surface area contributed by atoms with Crippen LogP contribution in [0.5, 0.6) is 0 Å². The molecule has 0 spiro atoms. The molecule has 1 unspecified atom stereocenters. The number of anilines is 1. The topological polar surface area (TPSA) is 61.4 Å². The van der Waals surface area contributed by atoms with Crippen LogP contribution in [0.15, 0.2) is 18.5 Å². The van der Waals surface area contributed by atoms with Crippen molar-refractivity contribution in [3.63, 3.8) is 0 Å². The fraction of sp³-hybridized carbons (Fsp3) is 0.783. The summed E-state index contributed by atoms with van der Waals surface area (Å²) in [6.07, 6.45) is 12.9.